The second-order valence-electron chi connectivity index (χ2n) is 7.02. The fourth-order valence-corrected chi connectivity index (χ4v) is 5.48. The topological polar surface area (TPSA) is 3.24 Å². The van der Waals surface area contributed by atoms with Gasteiger partial charge in [0.25, 0.3) is 0 Å². The Labute approximate surface area is 142 Å². The number of hydrogen-bond acceptors (Lipinski definition) is 1. The molecule has 3 aliphatic rings. The van der Waals surface area contributed by atoms with Crippen LogP contribution in [-0.4, -0.2) is 25.0 Å². The van der Waals surface area contributed by atoms with Crippen LogP contribution in [0.25, 0.3) is 0 Å². The van der Waals surface area contributed by atoms with E-state index in [9.17, 15) is 0 Å². The van der Waals surface area contributed by atoms with E-state index in [1.54, 1.807) is 11.1 Å². The average Bonchev–Trinajstić information content (AvgIpc) is 2.97. The molecule has 1 spiro atoms. The first-order valence-electron chi connectivity index (χ1n) is 7.76. The van der Waals surface area contributed by atoms with Crippen molar-refractivity contribution in [1.29, 1.82) is 0 Å². The molecular weight excluding hydrogens is 313 g/mol. The van der Waals surface area contributed by atoms with Gasteiger partial charge in [0.2, 0.25) is 0 Å². The molecule has 0 aromatic heterocycles. The van der Waals surface area contributed by atoms with Gasteiger partial charge in [-0.1, -0.05) is 41.9 Å². The van der Waals surface area contributed by atoms with E-state index in [1.165, 1.54) is 24.1 Å². The van der Waals surface area contributed by atoms with Crippen LogP contribution in [-0.2, 0) is 5.41 Å². The predicted octanol–water partition coefficient (Wildman–Crippen LogP) is 4.58. The monoisotopic (exact) mass is 331 g/mol. The molecule has 0 amide bonds. The molecule has 1 heterocycles. The maximum atomic E-state index is 6.31. The number of likely N-dealkylation sites (tertiary alicyclic amines) is 1. The van der Waals surface area contributed by atoms with Gasteiger partial charge < -0.3 is 4.90 Å². The lowest BCUT2D eigenvalue weighted by Gasteiger charge is -2.37. The molecule has 22 heavy (non-hydrogen) atoms. The molecule has 5 rings (SSSR count). The summed E-state index contributed by atoms with van der Waals surface area (Å²) < 4.78 is 0. The van der Waals surface area contributed by atoms with E-state index in [2.05, 4.69) is 54.4 Å². The minimum atomic E-state index is 0. The normalized spacial score (nSPS) is 31.2. The lowest BCUT2D eigenvalue weighted by Crippen LogP contribution is -2.34. The zero-order chi connectivity index (χ0) is 14.2. The van der Waals surface area contributed by atoms with Crippen molar-refractivity contribution in [2.24, 2.45) is 0 Å². The van der Waals surface area contributed by atoms with Gasteiger partial charge >= 0.3 is 0 Å². The SMILES string of the molecule is CN1CC2c3cc(Cl)ccc3C3CC2(C1)c1ccccc13.Cl. The van der Waals surface area contributed by atoms with Gasteiger partial charge in [0.05, 0.1) is 0 Å². The summed E-state index contributed by atoms with van der Waals surface area (Å²) in [7, 11) is 2.26. The van der Waals surface area contributed by atoms with Gasteiger partial charge in [-0.05, 0) is 47.9 Å². The van der Waals surface area contributed by atoms with Crippen molar-refractivity contribution in [1.82, 2.24) is 4.90 Å². The standard InChI is InChI=1S/C19H18ClN.ClH/c1-21-10-18-15-8-12(20)6-7-13(15)16-9-19(18,11-21)17-5-3-2-4-14(16)17;/h2-8,16,18H,9-11H2,1H3;1H. The second kappa shape index (κ2) is 4.74. The van der Waals surface area contributed by atoms with Gasteiger partial charge in [0.15, 0.2) is 0 Å². The zero-order valence-corrected chi connectivity index (χ0v) is 14.1. The summed E-state index contributed by atoms with van der Waals surface area (Å²) >= 11 is 6.31. The molecule has 0 radical (unpaired) electrons. The largest absolute Gasteiger partial charge is 0.305 e. The van der Waals surface area contributed by atoms with Crippen LogP contribution in [0.2, 0.25) is 5.02 Å². The third kappa shape index (κ3) is 1.65. The third-order valence-corrected chi connectivity index (χ3v) is 6.19. The molecule has 0 saturated carbocycles. The Bertz CT molecular complexity index is 757. The number of likely N-dealkylation sites (N-methyl/N-ethyl adjacent to an activating group) is 1. The van der Waals surface area contributed by atoms with Crippen molar-refractivity contribution in [3.63, 3.8) is 0 Å². The fraction of sp³-hybridized carbons (Fsp3) is 0.368. The van der Waals surface area contributed by atoms with E-state index >= 15 is 0 Å². The summed E-state index contributed by atoms with van der Waals surface area (Å²) in [6.45, 7) is 2.32. The highest BCUT2D eigenvalue weighted by Crippen LogP contribution is 2.63. The van der Waals surface area contributed by atoms with Gasteiger partial charge in [0.1, 0.15) is 0 Å². The van der Waals surface area contributed by atoms with Crippen molar-refractivity contribution >= 4 is 24.0 Å². The summed E-state index contributed by atoms with van der Waals surface area (Å²) in [5.41, 5.74) is 6.48. The Morgan fingerprint density at radius 3 is 2.77 bits per heavy atom. The molecule has 2 bridgehead atoms. The molecule has 0 N–H and O–H groups in total. The molecule has 3 atom stereocenters. The maximum Gasteiger partial charge on any atom is 0.0409 e. The Morgan fingerprint density at radius 1 is 1.09 bits per heavy atom. The van der Waals surface area contributed by atoms with Crippen LogP contribution in [0.4, 0.5) is 0 Å². The smallest absolute Gasteiger partial charge is 0.0409 e. The van der Waals surface area contributed by atoms with Crippen LogP contribution in [0.1, 0.15) is 40.5 Å². The number of nitrogens with zero attached hydrogens (tertiary/aromatic N) is 1. The molecule has 3 unspecified atom stereocenters. The fourth-order valence-electron chi connectivity index (χ4n) is 5.30. The van der Waals surface area contributed by atoms with Gasteiger partial charge in [-0.25, -0.2) is 0 Å². The summed E-state index contributed by atoms with van der Waals surface area (Å²) in [4.78, 5) is 2.50. The van der Waals surface area contributed by atoms with E-state index in [0.29, 0.717) is 17.3 Å². The maximum absolute atomic E-state index is 6.31. The van der Waals surface area contributed by atoms with Crippen LogP contribution < -0.4 is 0 Å². The minimum absolute atomic E-state index is 0. The molecule has 1 fully saturated rings. The van der Waals surface area contributed by atoms with Crippen LogP contribution in [0.3, 0.4) is 0 Å². The number of benzene rings is 2. The van der Waals surface area contributed by atoms with Gasteiger partial charge in [-0.2, -0.15) is 0 Å². The summed E-state index contributed by atoms with van der Waals surface area (Å²) in [5, 5.41) is 0.879. The first kappa shape index (κ1) is 14.6. The summed E-state index contributed by atoms with van der Waals surface area (Å²) in [6.07, 6.45) is 1.27. The number of rotatable bonds is 0. The first-order chi connectivity index (χ1) is 10.2. The third-order valence-electron chi connectivity index (χ3n) is 5.95. The van der Waals surface area contributed by atoms with Gasteiger partial charge in [-0.15, -0.1) is 12.4 Å². The molecule has 3 heteroatoms. The molecule has 2 aromatic rings. The molecule has 114 valence electrons. The molecule has 2 aliphatic carbocycles. The highest BCUT2D eigenvalue weighted by Gasteiger charge is 2.57. The molecular formula is C19H19Cl2N. The number of fused-ring (bicyclic) bond motifs is 3. The molecule has 1 saturated heterocycles. The number of halogens is 2. The summed E-state index contributed by atoms with van der Waals surface area (Å²) in [5.74, 6) is 1.16. The predicted molar refractivity (Wildman–Crippen MR) is 93.5 cm³/mol. The van der Waals surface area contributed by atoms with Crippen LogP contribution in [0, 0.1) is 0 Å². The van der Waals surface area contributed by atoms with Gasteiger partial charge in [0, 0.05) is 35.4 Å². The van der Waals surface area contributed by atoms with Crippen LogP contribution >= 0.6 is 24.0 Å². The van der Waals surface area contributed by atoms with Crippen LogP contribution in [0.15, 0.2) is 42.5 Å². The van der Waals surface area contributed by atoms with Gasteiger partial charge in [-0.3, -0.25) is 0 Å². The Kier molecular flexibility index (Phi) is 3.14. The summed E-state index contributed by atoms with van der Waals surface area (Å²) in [6, 6.07) is 15.7. The van der Waals surface area contributed by atoms with Crippen LogP contribution in [0.5, 0.6) is 0 Å². The van der Waals surface area contributed by atoms with E-state index < -0.39 is 0 Å². The van der Waals surface area contributed by atoms with Crippen molar-refractivity contribution in [2.45, 2.75) is 23.7 Å². The first-order valence-corrected chi connectivity index (χ1v) is 8.14. The molecule has 2 aromatic carbocycles. The zero-order valence-electron chi connectivity index (χ0n) is 12.6. The van der Waals surface area contributed by atoms with E-state index in [1.807, 2.05) is 0 Å². The second-order valence-corrected chi connectivity index (χ2v) is 7.46. The Hall–Kier alpha value is -1.02. The van der Waals surface area contributed by atoms with E-state index in [0.717, 1.165) is 11.6 Å². The lowest BCUT2D eigenvalue weighted by atomic mass is 9.65. The van der Waals surface area contributed by atoms with E-state index in [-0.39, 0.29) is 12.4 Å². The number of hydrogen-bond donors (Lipinski definition) is 0. The quantitative estimate of drug-likeness (QED) is 0.683. The Balaban J connectivity index is 0.00000125. The molecule has 1 nitrogen and oxygen atoms in total. The highest BCUT2D eigenvalue weighted by molar-refractivity contribution is 6.30. The highest BCUT2D eigenvalue weighted by atomic mass is 35.5. The van der Waals surface area contributed by atoms with Crippen molar-refractivity contribution in [2.75, 3.05) is 20.1 Å². The van der Waals surface area contributed by atoms with Crippen molar-refractivity contribution in [3.8, 4) is 0 Å². The average molecular weight is 332 g/mol. The van der Waals surface area contributed by atoms with Crippen molar-refractivity contribution in [3.05, 3.63) is 69.7 Å². The Morgan fingerprint density at radius 2 is 1.91 bits per heavy atom. The van der Waals surface area contributed by atoms with Crippen molar-refractivity contribution < 1.29 is 0 Å². The minimum Gasteiger partial charge on any atom is -0.305 e. The lowest BCUT2D eigenvalue weighted by molar-refractivity contribution is 0.347. The molecule has 1 aliphatic heterocycles. The van der Waals surface area contributed by atoms with E-state index in [4.69, 9.17) is 11.6 Å².